The molecule has 7 N–H and O–H groups in total. The number of rotatable bonds is 4. The highest BCUT2D eigenvalue weighted by atomic mass is 16.4. The Hall–Kier alpha value is -3.36. The Kier molecular flexibility index (Phi) is 3.84. The first-order chi connectivity index (χ1) is 9.97. The molecule has 108 valence electrons. The van der Waals surface area contributed by atoms with Gasteiger partial charge in [0.25, 0.3) is 5.56 Å². The minimum Gasteiger partial charge on any atom is -0.478 e. The van der Waals surface area contributed by atoms with E-state index in [-0.39, 0.29) is 22.9 Å². The first kappa shape index (κ1) is 14.1. The third-order valence-corrected chi connectivity index (χ3v) is 2.52. The van der Waals surface area contributed by atoms with Crippen LogP contribution in [0.4, 0.5) is 17.5 Å². The predicted octanol–water partition coefficient (Wildman–Crippen LogP) is 0.0785. The van der Waals surface area contributed by atoms with E-state index in [0.717, 1.165) is 0 Å². The maximum Gasteiger partial charge on any atom is 0.335 e. The Bertz CT molecular complexity index is 751. The van der Waals surface area contributed by atoms with Crippen molar-refractivity contribution >= 4 is 29.6 Å². The zero-order valence-electron chi connectivity index (χ0n) is 10.7. The third kappa shape index (κ3) is 3.35. The topological polar surface area (TPSA) is 159 Å². The van der Waals surface area contributed by atoms with E-state index < -0.39 is 11.5 Å². The van der Waals surface area contributed by atoms with Gasteiger partial charge in [-0.05, 0) is 24.3 Å². The number of carboxylic acid groups (broad SMARTS) is 1. The summed E-state index contributed by atoms with van der Waals surface area (Å²) in [4.78, 5) is 28.3. The van der Waals surface area contributed by atoms with E-state index in [1.54, 1.807) is 0 Å². The molecule has 1 aromatic carbocycles. The molecule has 0 unspecified atom stereocenters. The molecular formula is C12H12N6O3. The highest BCUT2D eigenvalue weighted by Gasteiger charge is 2.05. The summed E-state index contributed by atoms with van der Waals surface area (Å²) in [5.74, 6) is -1.13. The lowest BCUT2D eigenvalue weighted by atomic mass is 10.2. The van der Waals surface area contributed by atoms with E-state index >= 15 is 0 Å². The number of nitrogens with two attached hydrogens (primary N) is 2. The predicted molar refractivity (Wildman–Crippen MR) is 78.3 cm³/mol. The summed E-state index contributed by atoms with van der Waals surface area (Å²) in [5.41, 5.74) is 13.8. The van der Waals surface area contributed by atoms with Crippen molar-refractivity contribution in [1.29, 1.82) is 0 Å². The van der Waals surface area contributed by atoms with Crippen molar-refractivity contribution in [2.24, 2.45) is 5.10 Å². The van der Waals surface area contributed by atoms with Crippen LogP contribution in [-0.4, -0.2) is 27.3 Å². The van der Waals surface area contributed by atoms with Gasteiger partial charge in [-0.2, -0.15) is 10.1 Å². The molecule has 0 amide bonds. The summed E-state index contributed by atoms with van der Waals surface area (Å²) in [5, 5.41) is 12.6. The molecule has 0 saturated heterocycles. The van der Waals surface area contributed by atoms with Gasteiger partial charge in [-0.3, -0.25) is 15.2 Å². The number of H-pyrrole nitrogens is 1. The van der Waals surface area contributed by atoms with Crippen molar-refractivity contribution in [2.75, 3.05) is 16.9 Å². The number of carbonyl (C=O) groups is 1. The highest BCUT2D eigenvalue weighted by molar-refractivity contribution is 5.88. The number of hydrazone groups is 1. The van der Waals surface area contributed by atoms with Gasteiger partial charge in [0.15, 0.2) is 0 Å². The molecule has 0 aliphatic carbocycles. The van der Waals surface area contributed by atoms with Crippen molar-refractivity contribution < 1.29 is 9.90 Å². The maximum absolute atomic E-state index is 11.6. The molecule has 0 saturated carbocycles. The number of nitrogens with zero attached hydrogens (tertiary/aromatic N) is 2. The molecule has 9 heteroatoms. The fourth-order valence-corrected chi connectivity index (χ4v) is 1.50. The van der Waals surface area contributed by atoms with Crippen LogP contribution in [0, 0.1) is 0 Å². The Morgan fingerprint density at radius 1 is 1.33 bits per heavy atom. The summed E-state index contributed by atoms with van der Waals surface area (Å²) in [6, 6.07) is 5.92. The minimum absolute atomic E-state index is 0.0389. The van der Waals surface area contributed by atoms with Gasteiger partial charge < -0.3 is 16.6 Å². The molecule has 0 radical (unpaired) electrons. The fourth-order valence-electron chi connectivity index (χ4n) is 1.50. The Morgan fingerprint density at radius 2 is 2.00 bits per heavy atom. The zero-order chi connectivity index (χ0) is 15.4. The minimum atomic E-state index is -1.02. The van der Waals surface area contributed by atoms with Gasteiger partial charge in [0, 0.05) is 0 Å². The van der Waals surface area contributed by atoms with Gasteiger partial charge in [0.1, 0.15) is 11.4 Å². The van der Waals surface area contributed by atoms with Crippen LogP contribution < -0.4 is 22.5 Å². The van der Waals surface area contributed by atoms with E-state index in [2.05, 4.69) is 20.5 Å². The maximum atomic E-state index is 11.6. The average molecular weight is 288 g/mol. The molecule has 9 nitrogen and oxygen atoms in total. The Morgan fingerprint density at radius 3 is 2.57 bits per heavy atom. The van der Waals surface area contributed by atoms with E-state index in [1.807, 2.05) is 0 Å². The van der Waals surface area contributed by atoms with Gasteiger partial charge in [-0.15, -0.1) is 0 Å². The standard InChI is InChI=1S/C12H12N6O3/c13-9-8(10(19)17-12(14)16-9)5-15-18-7-3-1-6(2-4-7)11(20)21/h1-5,18H,(H,20,21)(H5,13,14,16,17,19). The summed E-state index contributed by atoms with van der Waals surface area (Å²) >= 11 is 0. The van der Waals surface area contributed by atoms with Gasteiger partial charge in [-0.1, -0.05) is 0 Å². The van der Waals surface area contributed by atoms with E-state index in [4.69, 9.17) is 16.6 Å². The largest absolute Gasteiger partial charge is 0.478 e. The molecule has 0 bridgehead atoms. The smallest absolute Gasteiger partial charge is 0.335 e. The number of hydrogen-bond acceptors (Lipinski definition) is 7. The number of nitrogen functional groups attached to an aromatic ring is 2. The van der Waals surface area contributed by atoms with E-state index in [0.29, 0.717) is 5.69 Å². The first-order valence-corrected chi connectivity index (χ1v) is 5.75. The molecule has 0 fully saturated rings. The number of nitrogens with one attached hydrogen (secondary N) is 2. The molecule has 0 atom stereocenters. The summed E-state index contributed by atoms with van der Waals surface area (Å²) in [6.45, 7) is 0. The van der Waals surface area contributed by atoms with Gasteiger partial charge in [0.2, 0.25) is 5.95 Å². The molecule has 1 aromatic heterocycles. The SMILES string of the molecule is Nc1nc(N)c(C=NNc2ccc(C(=O)O)cc2)c(=O)[nH]1. The van der Waals surface area contributed by atoms with Crippen LogP contribution in [-0.2, 0) is 0 Å². The van der Waals surface area contributed by atoms with Crippen LogP contribution in [0.2, 0.25) is 0 Å². The average Bonchev–Trinajstić information content (AvgIpc) is 2.42. The number of carboxylic acids is 1. The van der Waals surface area contributed by atoms with Crippen molar-refractivity contribution in [3.63, 3.8) is 0 Å². The number of aromatic nitrogens is 2. The second-order valence-electron chi connectivity index (χ2n) is 4.00. The van der Waals surface area contributed by atoms with Crippen molar-refractivity contribution in [3.8, 4) is 0 Å². The molecule has 0 aliphatic heterocycles. The van der Waals surface area contributed by atoms with Crippen LogP contribution in [0.15, 0.2) is 34.2 Å². The zero-order valence-corrected chi connectivity index (χ0v) is 10.7. The third-order valence-electron chi connectivity index (χ3n) is 2.52. The molecule has 1 heterocycles. The normalized spacial score (nSPS) is 10.7. The lowest BCUT2D eigenvalue weighted by molar-refractivity contribution is 0.0697. The lowest BCUT2D eigenvalue weighted by Crippen LogP contribution is -2.19. The number of aromatic carboxylic acids is 1. The fraction of sp³-hybridized carbons (Fsp3) is 0. The van der Waals surface area contributed by atoms with Gasteiger partial charge in [0.05, 0.1) is 17.5 Å². The second kappa shape index (κ2) is 5.74. The van der Waals surface area contributed by atoms with Gasteiger partial charge >= 0.3 is 5.97 Å². The summed E-state index contributed by atoms with van der Waals surface area (Å²) in [7, 11) is 0. The summed E-state index contributed by atoms with van der Waals surface area (Å²) < 4.78 is 0. The highest BCUT2D eigenvalue weighted by Crippen LogP contribution is 2.09. The summed E-state index contributed by atoms with van der Waals surface area (Å²) in [6.07, 6.45) is 1.20. The van der Waals surface area contributed by atoms with E-state index in [1.165, 1.54) is 30.5 Å². The number of benzene rings is 1. The van der Waals surface area contributed by atoms with Crippen LogP contribution in [0.5, 0.6) is 0 Å². The van der Waals surface area contributed by atoms with Crippen LogP contribution >= 0.6 is 0 Å². The number of anilines is 3. The number of hydrogen-bond donors (Lipinski definition) is 5. The van der Waals surface area contributed by atoms with Crippen LogP contribution in [0.3, 0.4) is 0 Å². The van der Waals surface area contributed by atoms with Crippen molar-refractivity contribution in [1.82, 2.24) is 9.97 Å². The first-order valence-electron chi connectivity index (χ1n) is 5.75. The Labute approximate surface area is 118 Å². The van der Waals surface area contributed by atoms with Crippen molar-refractivity contribution in [2.45, 2.75) is 0 Å². The molecule has 0 aliphatic rings. The van der Waals surface area contributed by atoms with Gasteiger partial charge in [-0.25, -0.2) is 4.79 Å². The lowest BCUT2D eigenvalue weighted by Gasteiger charge is -2.02. The second-order valence-corrected chi connectivity index (χ2v) is 4.00. The van der Waals surface area contributed by atoms with Crippen LogP contribution in [0.25, 0.3) is 0 Å². The van der Waals surface area contributed by atoms with Crippen molar-refractivity contribution in [3.05, 3.63) is 45.7 Å². The molecule has 21 heavy (non-hydrogen) atoms. The molecule has 2 aromatic rings. The van der Waals surface area contributed by atoms with E-state index in [9.17, 15) is 9.59 Å². The molecule has 2 rings (SSSR count). The molecular weight excluding hydrogens is 276 g/mol. The Balaban J connectivity index is 2.13. The quantitative estimate of drug-likeness (QED) is 0.393. The monoisotopic (exact) mass is 288 g/mol. The number of aromatic amines is 1. The molecule has 0 spiro atoms. The van der Waals surface area contributed by atoms with Crippen LogP contribution in [0.1, 0.15) is 15.9 Å².